The lowest BCUT2D eigenvalue weighted by Crippen LogP contribution is -2.46. The van der Waals surface area contributed by atoms with Gasteiger partial charge in [0, 0.05) is 40.8 Å². The van der Waals surface area contributed by atoms with Gasteiger partial charge in [-0.15, -0.1) is 0 Å². The van der Waals surface area contributed by atoms with E-state index >= 15 is 0 Å². The molecule has 12 rings (SSSR count). The number of rotatable bonds is 4. The van der Waals surface area contributed by atoms with Crippen LogP contribution in [0.4, 0.5) is 11.4 Å². The molecular formula is C58H62N4. The van der Waals surface area contributed by atoms with Crippen molar-refractivity contribution in [3.05, 3.63) is 185 Å². The van der Waals surface area contributed by atoms with Gasteiger partial charge in [-0.2, -0.15) is 0 Å². The van der Waals surface area contributed by atoms with Crippen molar-refractivity contribution in [1.29, 1.82) is 0 Å². The van der Waals surface area contributed by atoms with Gasteiger partial charge in [-0.1, -0.05) is 169 Å². The summed E-state index contributed by atoms with van der Waals surface area (Å²) in [5.74, 6) is 4.15. The fourth-order valence-electron chi connectivity index (χ4n) is 12.2. The molecule has 62 heavy (non-hydrogen) atoms. The minimum atomic E-state index is -0.185. The van der Waals surface area contributed by atoms with Crippen LogP contribution in [0.5, 0.6) is 0 Å². The molecule has 6 bridgehead atoms. The Hall–Kier alpha value is -5.48. The van der Waals surface area contributed by atoms with Crippen molar-refractivity contribution in [2.45, 2.75) is 103 Å². The molecule has 3 aromatic rings. The number of hydrogen-bond acceptors (Lipinski definition) is 4. The Kier molecular flexibility index (Phi) is 9.59. The van der Waals surface area contributed by atoms with Crippen LogP contribution in [0, 0.1) is 35.0 Å². The van der Waals surface area contributed by atoms with E-state index < -0.39 is 0 Å². The topological polar surface area (TPSA) is 40.0 Å². The van der Waals surface area contributed by atoms with Gasteiger partial charge >= 0.3 is 0 Å². The highest BCUT2D eigenvalue weighted by Crippen LogP contribution is 2.55. The lowest BCUT2D eigenvalue weighted by atomic mass is 9.66. The fourth-order valence-corrected chi connectivity index (χ4v) is 12.2. The van der Waals surface area contributed by atoms with Gasteiger partial charge in [0.15, 0.2) is 0 Å². The van der Waals surface area contributed by atoms with Crippen molar-refractivity contribution in [2.24, 2.45) is 45.0 Å². The molecule has 4 heteroatoms. The Labute approximate surface area is 370 Å². The van der Waals surface area contributed by atoms with Crippen LogP contribution in [0.15, 0.2) is 167 Å². The second-order valence-corrected chi connectivity index (χ2v) is 20.8. The van der Waals surface area contributed by atoms with Crippen LogP contribution in [0.25, 0.3) is 5.57 Å². The maximum atomic E-state index is 5.84. The van der Waals surface area contributed by atoms with Gasteiger partial charge in [0.25, 0.3) is 0 Å². The Morgan fingerprint density at radius 2 is 1.65 bits per heavy atom. The monoisotopic (exact) mass is 814 g/mol. The molecule has 9 unspecified atom stereocenters. The molecule has 0 spiro atoms. The molecule has 0 amide bonds. The third-order valence-electron chi connectivity index (χ3n) is 15.8. The fraction of sp³-hybridized carbons (Fsp3) is 0.379. The largest absolute Gasteiger partial charge is 0.333 e. The van der Waals surface area contributed by atoms with Crippen LogP contribution in [-0.2, 0) is 5.41 Å². The molecule has 4 heterocycles. The summed E-state index contributed by atoms with van der Waals surface area (Å²) in [6, 6.07) is 26.1. The summed E-state index contributed by atoms with van der Waals surface area (Å²) in [6.07, 6.45) is 36.3. The van der Waals surface area contributed by atoms with E-state index in [2.05, 4.69) is 197 Å². The van der Waals surface area contributed by atoms with Crippen LogP contribution in [0.2, 0.25) is 0 Å². The van der Waals surface area contributed by atoms with Gasteiger partial charge in [-0.3, -0.25) is 0 Å². The van der Waals surface area contributed by atoms with Crippen molar-refractivity contribution < 1.29 is 0 Å². The molecule has 9 atom stereocenters. The molecule has 1 N–H and O–H groups in total. The predicted octanol–water partition coefficient (Wildman–Crippen LogP) is 13.6. The lowest BCUT2D eigenvalue weighted by Gasteiger charge is -2.40. The molecule has 5 aliphatic carbocycles. The number of fused-ring (bicyclic) bond motifs is 1. The van der Waals surface area contributed by atoms with Gasteiger partial charge in [-0.05, 0) is 112 Å². The van der Waals surface area contributed by atoms with Crippen molar-refractivity contribution in [3.8, 4) is 0 Å². The summed E-state index contributed by atoms with van der Waals surface area (Å²) in [7, 11) is 0. The quantitative estimate of drug-likeness (QED) is 0.267. The van der Waals surface area contributed by atoms with Gasteiger partial charge in [0.1, 0.15) is 17.8 Å². The molecule has 3 aromatic carbocycles. The highest BCUT2D eigenvalue weighted by Gasteiger charge is 2.47. The van der Waals surface area contributed by atoms with Gasteiger partial charge in [-0.25, -0.2) is 9.98 Å². The van der Waals surface area contributed by atoms with Crippen LogP contribution in [0.3, 0.4) is 0 Å². The van der Waals surface area contributed by atoms with E-state index in [1.54, 1.807) is 0 Å². The molecule has 4 aliphatic heterocycles. The zero-order valence-corrected chi connectivity index (χ0v) is 37.4. The first-order valence-electron chi connectivity index (χ1n) is 23.6. The number of nitrogens with zero attached hydrogens (tertiary/aromatic N) is 3. The molecule has 0 radical (unpaired) electrons. The van der Waals surface area contributed by atoms with Gasteiger partial charge in [0.05, 0.1) is 11.7 Å². The maximum absolute atomic E-state index is 5.84. The lowest BCUT2D eigenvalue weighted by molar-refractivity contribution is 0.217. The predicted molar refractivity (Wildman–Crippen MR) is 260 cm³/mol. The summed E-state index contributed by atoms with van der Waals surface area (Å²) in [4.78, 5) is 14.2. The Balaban J connectivity index is 1.17. The van der Waals surface area contributed by atoms with E-state index in [0.717, 1.165) is 43.8 Å². The first kappa shape index (κ1) is 39.4. The van der Waals surface area contributed by atoms with E-state index in [0.29, 0.717) is 23.7 Å². The first-order chi connectivity index (χ1) is 30.0. The Morgan fingerprint density at radius 1 is 0.790 bits per heavy atom. The average Bonchev–Trinajstić information content (AvgIpc) is 3.93. The molecule has 314 valence electrons. The molecular weight excluding hydrogens is 753 g/mol. The van der Waals surface area contributed by atoms with Crippen LogP contribution >= 0.6 is 0 Å². The zero-order chi connectivity index (χ0) is 42.3. The number of anilines is 2. The molecule has 0 saturated heterocycles. The average molecular weight is 815 g/mol. The summed E-state index contributed by atoms with van der Waals surface area (Å²) < 4.78 is 0. The number of benzene rings is 3. The number of amidine groups is 2. The number of allylic oxidation sites excluding steroid dienone is 14. The van der Waals surface area contributed by atoms with E-state index in [1.807, 2.05) is 0 Å². The van der Waals surface area contributed by atoms with E-state index in [1.165, 1.54) is 55.9 Å². The van der Waals surface area contributed by atoms with Crippen molar-refractivity contribution in [1.82, 2.24) is 5.32 Å². The van der Waals surface area contributed by atoms with Gasteiger partial charge in [0.2, 0.25) is 0 Å². The van der Waals surface area contributed by atoms with E-state index in [4.69, 9.17) is 9.98 Å². The number of aliphatic imine (C=N–C) groups is 2. The molecule has 0 fully saturated rings. The minimum Gasteiger partial charge on any atom is -0.333 e. The maximum Gasteiger partial charge on any atom is 0.147 e. The van der Waals surface area contributed by atoms with E-state index in [-0.39, 0.29) is 40.8 Å². The van der Waals surface area contributed by atoms with Crippen molar-refractivity contribution >= 4 is 28.6 Å². The molecule has 9 aliphatic rings. The summed E-state index contributed by atoms with van der Waals surface area (Å²) in [6.45, 7) is 14.4. The standard InChI is InChI=1S/C58H62N4/c1-36-17-13-14-22-42(36)54-59-55-45-25-16-26-49(45)58(5,6)41-29-32-51-47(35-41)46-34-40(57(2,3)4)28-31-50(46)62(51)52-30-27-39(33-48(52)56(60-54)61-55)53-43(37-18-9-7-10-19-37)23-15-24-44(53)38-20-11-8-12-21-38/h7-13,15-20,24,26-36,38,42-43,45,47,49,51,55H,14,21-23,25H2,1-6H3,(H,59,60,61). The number of hydrogen-bond donors (Lipinski definition) is 1. The highest BCUT2D eigenvalue weighted by molar-refractivity contribution is 6.15. The Bertz CT molecular complexity index is 2610. The van der Waals surface area contributed by atoms with Crippen molar-refractivity contribution in [2.75, 3.05) is 4.90 Å². The summed E-state index contributed by atoms with van der Waals surface area (Å²) in [5, 5.41) is 4.05. The number of nitrogens with one attached hydrogen (secondary N) is 1. The normalized spacial score (nSPS) is 31.3. The third kappa shape index (κ3) is 6.54. The smallest absolute Gasteiger partial charge is 0.147 e. The highest BCUT2D eigenvalue weighted by atomic mass is 15.2. The molecule has 4 nitrogen and oxygen atoms in total. The minimum absolute atomic E-state index is 0.0409. The second-order valence-electron chi connectivity index (χ2n) is 20.8. The third-order valence-corrected chi connectivity index (χ3v) is 15.8. The SMILES string of the molecule is CC1C=CCCC1C1=NC2N=C(N1)c1cc(C3=C(C4C=CC=CC4)C=CCC3c3ccccc3)ccc1N1c3ccc(C(C)(C)C)cc3C3C=C(C=CC31)C(C)(C)C1C=CCC21. The molecule has 0 saturated carbocycles. The molecule has 0 aromatic heterocycles. The van der Waals surface area contributed by atoms with Crippen LogP contribution in [0.1, 0.15) is 113 Å². The van der Waals surface area contributed by atoms with Crippen LogP contribution < -0.4 is 10.2 Å². The van der Waals surface area contributed by atoms with Gasteiger partial charge < -0.3 is 10.2 Å². The Morgan fingerprint density at radius 3 is 2.45 bits per heavy atom. The van der Waals surface area contributed by atoms with E-state index in [9.17, 15) is 0 Å². The summed E-state index contributed by atoms with van der Waals surface area (Å²) in [5.41, 5.74) is 13.4. The second kappa shape index (κ2) is 15.1. The van der Waals surface area contributed by atoms with Crippen molar-refractivity contribution in [3.63, 3.8) is 0 Å². The first-order valence-corrected chi connectivity index (χ1v) is 23.6. The summed E-state index contributed by atoms with van der Waals surface area (Å²) >= 11 is 0. The van der Waals surface area contributed by atoms with Crippen LogP contribution in [-0.4, -0.2) is 23.9 Å². The zero-order valence-electron chi connectivity index (χ0n) is 37.4.